The van der Waals surface area contributed by atoms with E-state index in [0.717, 1.165) is 12.8 Å². The largest absolute Gasteiger partial charge is 0.228 e. The van der Waals surface area contributed by atoms with Crippen LogP contribution in [0.15, 0.2) is 0 Å². The topological polar surface area (TPSA) is 34.1 Å². The zero-order chi connectivity index (χ0) is 11.2. The summed E-state index contributed by atoms with van der Waals surface area (Å²) >= 11 is 0. The van der Waals surface area contributed by atoms with Crippen molar-refractivity contribution >= 4 is 9.84 Å². The number of sulfone groups is 1. The van der Waals surface area contributed by atoms with Gasteiger partial charge in [0.05, 0.1) is 10.5 Å². The maximum atomic E-state index is 11.8. The zero-order valence-corrected chi connectivity index (χ0v) is 10.7. The average Bonchev–Trinajstić information content (AvgIpc) is 1.92. The molecule has 1 atom stereocenters. The highest BCUT2D eigenvalue weighted by atomic mass is 32.2. The molecule has 0 amide bonds. The second-order valence-corrected chi connectivity index (χ2v) is 8.88. The molecular weight excluding hydrogens is 196 g/mol. The van der Waals surface area contributed by atoms with Gasteiger partial charge in [0.25, 0.3) is 0 Å². The maximum Gasteiger partial charge on any atom is 0.155 e. The molecule has 1 aliphatic rings. The summed E-state index contributed by atoms with van der Waals surface area (Å²) in [5, 5.41) is 0. The van der Waals surface area contributed by atoms with Gasteiger partial charge in [-0.2, -0.15) is 0 Å². The minimum atomic E-state index is -2.85. The van der Waals surface area contributed by atoms with Gasteiger partial charge in [-0.1, -0.05) is 20.8 Å². The highest BCUT2D eigenvalue weighted by Crippen LogP contribution is 2.42. The quantitative estimate of drug-likeness (QED) is 0.626. The minimum absolute atomic E-state index is 0.229. The van der Waals surface area contributed by atoms with Gasteiger partial charge in [-0.25, -0.2) is 8.42 Å². The molecular formula is C11H22O2S. The van der Waals surface area contributed by atoms with Crippen LogP contribution in [0.4, 0.5) is 0 Å². The lowest BCUT2D eigenvalue weighted by Gasteiger charge is -2.41. The van der Waals surface area contributed by atoms with Crippen LogP contribution in [0.5, 0.6) is 0 Å². The molecule has 0 N–H and O–H groups in total. The molecule has 1 fully saturated rings. The van der Waals surface area contributed by atoms with Crippen LogP contribution in [0.3, 0.4) is 0 Å². The van der Waals surface area contributed by atoms with E-state index in [1.807, 2.05) is 13.8 Å². The van der Waals surface area contributed by atoms with Crippen LogP contribution < -0.4 is 0 Å². The Morgan fingerprint density at radius 1 is 1.21 bits per heavy atom. The van der Waals surface area contributed by atoms with Crippen molar-refractivity contribution in [2.75, 3.05) is 5.75 Å². The first-order valence-electron chi connectivity index (χ1n) is 5.28. The molecule has 14 heavy (non-hydrogen) atoms. The summed E-state index contributed by atoms with van der Waals surface area (Å²) in [5.41, 5.74) is 0.229. The predicted octanol–water partition coefficient (Wildman–Crippen LogP) is 2.64. The molecule has 0 bridgehead atoms. The van der Waals surface area contributed by atoms with Crippen LogP contribution in [-0.4, -0.2) is 18.9 Å². The summed E-state index contributed by atoms with van der Waals surface area (Å²) in [6.45, 7) is 10.3. The van der Waals surface area contributed by atoms with Gasteiger partial charge in [-0.15, -0.1) is 0 Å². The summed E-state index contributed by atoms with van der Waals surface area (Å²) in [6.07, 6.45) is 1.63. The van der Waals surface area contributed by atoms with Gasteiger partial charge in [0.1, 0.15) is 0 Å². The minimum Gasteiger partial charge on any atom is -0.228 e. The van der Waals surface area contributed by atoms with Crippen LogP contribution in [-0.2, 0) is 9.84 Å². The summed E-state index contributed by atoms with van der Waals surface area (Å²) in [5.74, 6) is 0.892. The highest BCUT2D eigenvalue weighted by molar-refractivity contribution is 7.92. The number of hydrogen-bond donors (Lipinski definition) is 0. The van der Waals surface area contributed by atoms with E-state index in [9.17, 15) is 8.42 Å². The standard InChI is InChI=1S/C11H22O2S/c1-10(2,3)9-6-7-14(12,13)11(4,5)8-9/h9H,6-8H2,1-5H3. The molecule has 0 aromatic carbocycles. The van der Waals surface area contributed by atoms with Crippen LogP contribution in [0.2, 0.25) is 0 Å². The van der Waals surface area contributed by atoms with E-state index in [4.69, 9.17) is 0 Å². The van der Waals surface area contributed by atoms with Gasteiger partial charge in [0.2, 0.25) is 0 Å². The third-order valence-corrected chi connectivity index (χ3v) is 6.16. The van der Waals surface area contributed by atoms with E-state index < -0.39 is 14.6 Å². The van der Waals surface area contributed by atoms with Crippen LogP contribution >= 0.6 is 0 Å². The van der Waals surface area contributed by atoms with Gasteiger partial charge in [-0.3, -0.25) is 0 Å². The fourth-order valence-electron chi connectivity index (χ4n) is 2.14. The summed E-state index contributed by atoms with van der Waals surface area (Å²) < 4.78 is 23.0. The lowest BCUT2D eigenvalue weighted by atomic mass is 9.74. The Morgan fingerprint density at radius 3 is 2.07 bits per heavy atom. The van der Waals surface area contributed by atoms with Crippen molar-refractivity contribution in [2.24, 2.45) is 11.3 Å². The smallest absolute Gasteiger partial charge is 0.155 e. The van der Waals surface area contributed by atoms with Crippen molar-refractivity contribution in [3.63, 3.8) is 0 Å². The maximum absolute atomic E-state index is 11.8. The Balaban J connectivity index is 2.89. The van der Waals surface area contributed by atoms with Crippen LogP contribution in [0, 0.1) is 11.3 Å². The lowest BCUT2D eigenvalue weighted by Crippen LogP contribution is -2.44. The monoisotopic (exact) mass is 218 g/mol. The predicted molar refractivity (Wildman–Crippen MR) is 60.0 cm³/mol. The Hall–Kier alpha value is -0.0500. The fraction of sp³-hybridized carbons (Fsp3) is 1.00. The Bertz CT molecular complexity index is 307. The van der Waals surface area contributed by atoms with E-state index in [-0.39, 0.29) is 5.41 Å². The summed E-state index contributed by atoms with van der Waals surface area (Å²) in [4.78, 5) is 0. The molecule has 0 saturated carbocycles. The lowest BCUT2D eigenvalue weighted by molar-refractivity contribution is 0.194. The van der Waals surface area contributed by atoms with Gasteiger partial charge >= 0.3 is 0 Å². The molecule has 1 saturated heterocycles. The third-order valence-electron chi connectivity index (χ3n) is 3.54. The summed E-state index contributed by atoms with van der Waals surface area (Å²) in [6, 6.07) is 0. The highest BCUT2D eigenvalue weighted by Gasteiger charge is 2.43. The van der Waals surface area contributed by atoms with Gasteiger partial charge < -0.3 is 0 Å². The molecule has 3 heteroatoms. The Labute approximate surface area is 88.0 Å². The third kappa shape index (κ3) is 2.13. The second-order valence-electron chi connectivity index (χ2n) is 6.13. The van der Waals surface area contributed by atoms with Crippen molar-refractivity contribution in [1.29, 1.82) is 0 Å². The molecule has 0 aromatic rings. The Morgan fingerprint density at radius 2 is 1.71 bits per heavy atom. The van der Waals surface area contributed by atoms with E-state index in [2.05, 4.69) is 20.8 Å². The molecule has 84 valence electrons. The van der Waals surface area contributed by atoms with Crippen molar-refractivity contribution < 1.29 is 8.42 Å². The first-order chi connectivity index (χ1) is 6.06. The average molecular weight is 218 g/mol. The molecule has 0 radical (unpaired) electrons. The second kappa shape index (κ2) is 3.22. The molecule has 1 rings (SSSR count). The number of hydrogen-bond acceptors (Lipinski definition) is 2. The first-order valence-corrected chi connectivity index (χ1v) is 6.94. The van der Waals surface area contributed by atoms with E-state index >= 15 is 0 Å². The molecule has 0 spiro atoms. The van der Waals surface area contributed by atoms with Crippen LogP contribution in [0.1, 0.15) is 47.5 Å². The van der Waals surface area contributed by atoms with Gasteiger partial charge in [0, 0.05) is 0 Å². The van der Waals surface area contributed by atoms with E-state index in [0.29, 0.717) is 11.7 Å². The number of rotatable bonds is 0. The first kappa shape index (κ1) is 12.0. The normalized spacial score (nSPS) is 31.4. The van der Waals surface area contributed by atoms with Crippen molar-refractivity contribution in [1.82, 2.24) is 0 Å². The molecule has 0 aromatic heterocycles. The molecule has 1 heterocycles. The summed E-state index contributed by atoms with van der Waals surface area (Å²) in [7, 11) is -2.85. The van der Waals surface area contributed by atoms with E-state index in [1.54, 1.807) is 0 Å². The van der Waals surface area contributed by atoms with Crippen molar-refractivity contribution in [3.05, 3.63) is 0 Å². The Kier molecular flexibility index (Phi) is 2.77. The molecule has 1 unspecified atom stereocenters. The van der Waals surface area contributed by atoms with Crippen LogP contribution in [0.25, 0.3) is 0 Å². The van der Waals surface area contributed by atoms with E-state index in [1.165, 1.54) is 0 Å². The SMILES string of the molecule is CC(C)(C)C1CCS(=O)(=O)C(C)(C)C1. The molecule has 0 aliphatic carbocycles. The molecule has 2 nitrogen and oxygen atoms in total. The fourth-order valence-corrected chi connectivity index (χ4v) is 3.74. The zero-order valence-electron chi connectivity index (χ0n) is 9.92. The van der Waals surface area contributed by atoms with Crippen molar-refractivity contribution in [3.8, 4) is 0 Å². The van der Waals surface area contributed by atoms with Gasteiger partial charge in [-0.05, 0) is 38.0 Å². The van der Waals surface area contributed by atoms with Gasteiger partial charge in [0.15, 0.2) is 9.84 Å². The molecule has 1 aliphatic heterocycles. The van der Waals surface area contributed by atoms with Crippen molar-refractivity contribution in [2.45, 2.75) is 52.2 Å².